The number of hydrogen-bond acceptors (Lipinski definition) is 2. The van der Waals surface area contributed by atoms with E-state index in [9.17, 15) is 9.18 Å². The van der Waals surface area contributed by atoms with Gasteiger partial charge < -0.3 is 10.1 Å². The number of ether oxygens (including phenoxy) is 1. The summed E-state index contributed by atoms with van der Waals surface area (Å²) in [6.07, 6.45) is 1.62. The smallest absolute Gasteiger partial charge is 0.251 e. The molecule has 2 aromatic rings. The fourth-order valence-corrected chi connectivity index (χ4v) is 2.15. The average Bonchev–Trinajstić information content (AvgIpc) is 2.57. The van der Waals surface area contributed by atoms with Crippen molar-refractivity contribution in [2.45, 2.75) is 19.8 Å². The van der Waals surface area contributed by atoms with Crippen LogP contribution in [0.15, 0.2) is 48.5 Å². The normalized spacial score (nSPS) is 10.5. The zero-order valence-corrected chi connectivity index (χ0v) is 13.3. The number of benzene rings is 2. The zero-order chi connectivity index (χ0) is 16.5. The number of carbonyl (C=O) groups excluding carboxylic acids is 1. The minimum Gasteiger partial charge on any atom is -0.381 e. The van der Waals surface area contributed by atoms with Crippen LogP contribution in [0.4, 0.5) is 4.39 Å². The van der Waals surface area contributed by atoms with E-state index in [2.05, 4.69) is 17.4 Å². The maximum atomic E-state index is 13.4. The minimum atomic E-state index is -0.359. The molecule has 2 aromatic carbocycles. The molecule has 0 fully saturated rings. The molecule has 122 valence electrons. The third-order valence-electron chi connectivity index (χ3n) is 3.56. The molecule has 2 rings (SSSR count). The van der Waals surface area contributed by atoms with Crippen LogP contribution in [-0.2, 0) is 11.2 Å². The molecular weight excluding hydrogens is 293 g/mol. The van der Waals surface area contributed by atoms with Gasteiger partial charge in [-0.05, 0) is 43.0 Å². The Labute approximate surface area is 136 Å². The Hall–Kier alpha value is -2.20. The van der Waals surface area contributed by atoms with E-state index in [0.717, 1.165) is 12.8 Å². The molecule has 0 bridgehead atoms. The monoisotopic (exact) mass is 315 g/mol. The van der Waals surface area contributed by atoms with Gasteiger partial charge in [-0.1, -0.05) is 36.4 Å². The second-order valence-electron chi connectivity index (χ2n) is 5.42. The van der Waals surface area contributed by atoms with Crippen molar-refractivity contribution in [2.24, 2.45) is 0 Å². The molecule has 0 aromatic heterocycles. The SMILES string of the molecule is Cc1ccc(C(=O)NCCCOCCc2ccccc2)cc1F. The van der Waals surface area contributed by atoms with E-state index in [1.165, 1.54) is 11.6 Å². The van der Waals surface area contributed by atoms with Crippen molar-refractivity contribution in [3.8, 4) is 0 Å². The Bertz CT molecular complexity index is 629. The lowest BCUT2D eigenvalue weighted by atomic mass is 10.1. The van der Waals surface area contributed by atoms with Crippen LogP contribution in [0.2, 0.25) is 0 Å². The second-order valence-corrected chi connectivity index (χ2v) is 5.42. The van der Waals surface area contributed by atoms with Crippen molar-refractivity contribution in [3.05, 3.63) is 71.0 Å². The summed E-state index contributed by atoms with van der Waals surface area (Å²) in [4.78, 5) is 11.9. The molecule has 0 aliphatic carbocycles. The predicted molar refractivity (Wildman–Crippen MR) is 89.1 cm³/mol. The van der Waals surface area contributed by atoms with Gasteiger partial charge in [0.2, 0.25) is 0 Å². The Morgan fingerprint density at radius 1 is 1.13 bits per heavy atom. The van der Waals surface area contributed by atoms with Gasteiger partial charge in [0.05, 0.1) is 6.61 Å². The first-order chi connectivity index (χ1) is 11.2. The van der Waals surface area contributed by atoms with Gasteiger partial charge >= 0.3 is 0 Å². The van der Waals surface area contributed by atoms with Crippen LogP contribution in [0.1, 0.15) is 27.9 Å². The molecule has 0 atom stereocenters. The van der Waals surface area contributed by atoms with Crippen LogP contribution in [0.3, 0.4) is 0 Å². The van der Waals surface area contributed by atoms with E-state index in [1.807, 2.05) is 18.2 Å². The number of carbonyl (C=O) groups is 1. The summed E-state index contributed by atoms with van der Waals surface area (Å²) in [7, 11) is 0. The molecule has 0 saturated carbocycles. The molecule has 3 nitrogen and oxygen atoms in total. The van der Waals surface area contributed by atoms with E-state index in [-0.39, 0.29) is 11.7 Å². The van der Waals surface area contributed by atoms with Gasteiger partial charge in [0, 0.05) is 18.7 Å². The molecule has 0 aliphatic rings. The largest absolute Gasteiger partial charge is 0.381 e. The Morgan fingerprint density at radius 2 is 1.91 bits per heavy atom. The van der Waals surface area contributed by atoms with Crippen LogP contribution in [0.5, 0.6) is 0 Å². The first-order valence-electron chi connectivity index (χ1n) is 7.83. The fourth-order valence-electron chi connectivity index (χ4n) is 2.15. The molecule has 0 heterocycles. The summed E-state index contributed by atoms with van der Waals surface area (Å²) < 4.78 is 19.0. The van der Waals surface area contributed by atoms with Gasteiger partial charge in [-0.25, -0.2) is 4.39 Å². The van der Waals surface area contributed by atoms with Crippen molar-refractivity contribution >= 4 is 5.91 Å². The molecule has 4 heteroatoms. The van der Waals surface area contributed by atoms with Crippen molar-refractivity contribution in [1.82, 2.24) is 5.32 Å². The minimum absolute atomic E-state index is 0.256. The van der Waals surface area contributed by atoms with Crippen molar-refractivity contribution in [3.63, 3.8) is 0 Å². The second kappa shape index (κ2) is 9.06. The maximum absolute atomic E-state index is 13.4. The van der Waals surface area contributed by atoms with Gasteiger partial charge in [-0.15, -0.1) is 0 Å². The van der Waals surface area contributed by atoms with Crippen LogP contribution >= 0.6 is 0 Å². The average molecular weight is 315 g/mol. The molecule has 0 spiro atoms. The summed E-state index contributed by atoms with van der Waals surface area (Å²) in [6, 6.07) is 14.7. The summed E-state index contributed by atoms with van der Waals surface area (Å²) in [5.41, 5.74) is 2.13. The van der Waals surface area contributed by atoms with Gasteiger partial charge in [-0.2, -0.15) is 0 Å². The van der Waals surface area contributed by atoms with Crippen LogP contribution < -0.4 is 5.32 Å². The number of hydrogen-bond donors (Lipinski definition) is 1. The van der Waals surface area contributed by atoms with Gasteiger partial charge in [0.25, 0.3) is 5.91 Å². The quantitative estimate of drug-likeness (QED) is 0.757. The van der Waals surface area contributed by atoms with Crippen molar-refractivity contribution in [2.75, 3.05) is 19.8 Å². The lowest BCUT2D eigenvalue weighted by Crippen LogP contribution is -2.25. The Balaban J connectivity index is 1.58. The van der Waals surface area contributed by atoms with E-state index in [1.54, 1.807) is 19.1 Å². The lowest BCUT2D eigenvalue weighted by molar-refractivity contribution is 0.0941. The zero-order valence-electron chi connectivity index (χ0n) is 13.3. The van der Waals surface area contributed by atoms with E-state index in [0.29, 0.717) is 30.9 Å². The van der Waals surface area contributed by atoms with Crippen LogP contribution in [0, 0.1) is 12.7 Å². The van der Waals surface area contributed by atoms with Crippen molar-refractivity contribution < 1.29 is 13.9 Å². The number of rotatable bonds is 8. The highest BCUT2D eigenvalue weighted by atomic mass is 19.1. The molecule has 0 aliphatic heterocycles. The summed E-state index contributed by atoms with van der Waals surface area (Å²) in [5, 5.41) is 2.77. The van der Waals surface area contributed by atoms with Crippen LogP contribution in [-0.4, -0.2) is 25.7 Å². The van der Waals surface area contributed by atoms with Crippen LogP contribution in [0.25, 0.3) is 0 Å². The lowest BCUT2D eigenvalue weighted by Gasteiger charge is -2.07. The third-order valence-corrected chi connectivity index (χ3v) is 3.56. The predicted octanol–water partition coefficient (Wildman–Crippen LogP) is 3.51. The first-order valence-corrected chi connectivity index (χ1v) is 7.83. The highest BCUT2D eigenvalue weighted by Crippen LogP contribution is 2.09. The third kappa shape index (κ3) is 5.83. The maximum Gasteiger partial charge on any atom is 0.251 e. The summed E-state index contributed by atoms with van der Waals surface area (Å²) in [5.74, 6) is -0.616. The molecule has 1 amide bonds. The molecule has 1 N–H and O–H groups in total. The standard InChI is InChI=1S/C19H22FNO2/c1-15-8-9-17(14-18(15)20)19(22)21-11-5-12-23-13-10-16-6-3-2-4-7-16/h2-4,6-9,14H,5,10-13H2,1H3,(H,21,22). The highest BCUT2D eigenvalue weighted by Gasteiger charge is 2.07. The summed E-state index contributed by atoms with van der Waals surface area (Å²) in [6.45, 7) is 3.44. The number of aryl methyl sites for hydroxylation is 1. The number of nitrogens with one attached hydrogen (secondary N) is 1. The molecule has 0 unspecified atom stereocenters. The van der Waals surface area contributed by atoms with Gasteiger partial charge in [0.1, 0.15) is 5.82 Å². The van der Waals surface area contributed by atoms with E-state index >= 15 is 0 Å². The van der Waals surface area contributed by atoms with Crippen molar-refractivity contribution in [1.29, 1.82) is 0 Å². The number of amides is 1. The Kier molecular flexibility index (Phi) is 6.76. The van der Waals surface area contributed by atoms with Gasteiger partial charge in [-0.3, -0.25) is 4.79 Å². The summed E-state index contributed by atoms with van der Waals surface area (Å²) >= 11 is 0. The molecule has 0 radical (unpaired) electrons. The van der Waals surface area contributed by atoms with E-state index < -0.39 is 0 Å². The number of halogens is 1. The molecule has 0 saturated heterocycles. The molecular formula is C19H22FNO2. The fraction of sp³-hybridized carbons (Fsp3) is 0.316. The first kappa shape index (κ1) is 17.2. The Morgan fingerprint density at radius 3 is 2.65 bits per heavy atom. The van der Waals surface area contributed by atoms with E-state index in [4.69, 9.17) is 4.74 Å². The molecule has 23 heavy (non-hydrogen) atoms. The highest BCUT2D eigenvalue weighted by molar-refractivity contribution is 5.94. The van der Waals surface area contributed by atoms with Gasteiger partial charge in [0.15, 0.2) is 0 Å². The topological polar surface area (TPSA) is 38.3 Å².